The van der Waals surface area contributed by atoms with E-state index in [2.05, 4.69) is 9.59 Å². The minimum absolute atomic E-state index is 0.00797. The summed E-state index contributed by atoms with van der Waals surface area (Å²) in [6, 6.07) is 0. The Morgan fingerprint density at radius 1 is 1.39 bits per heavy atom. The van der Waals surface area contributed by atoms with Crippen molar-refractivity contribution >= 4 is 27.5 Å². The average molecular weight is 358 g/mol. The summed E-state index contributed by atoms with van der Waals surface area (Å²) < 4.78 is 28.5. The standard InChI is InChI=1S/C14H22N4O3S2/c1-17(23(2,20)21)8-10-4-3-7-18(9-10)14(19)13-12(11-5-6-11)15-16-22-13/h10-11H,3-9H2,1-2H3. The van der Waals surface area contributed by atoms with Crippen LogP contribution in [-0.4, -0.2) is 66.1 Å². The van der Waals surface area contributed by atoms with Gasteiger partial charge in [0.25, 0.3) is 5.91 Å². The smallest absolute Gasteiger partial charge is 0.267 e. The molecule has 1 aliphatic carbocycles. The molecule has 9 heteroatoms. The molecule has 128 valence electrons. The molecular formula is C14H22N4O3S2. The highest BCUT2D eigenvalue weighted by molar-refractivity contribution is 7.88. The van der Waals surface area contributed by atoms with E-state index >= 15 is 0 Å². The third kappa shape index (κ3) is 3.89. The number of rotatable bonds is 5. The Kier molecular flexibility index (Phi) is 4.70. The van der Waals surface area contributed by atoms with Crippen LogP contribution in [-0.2, 0) is 10.0 Å². The summed E-state index contributed by atoms with van der Waals surface area (Å²) in [7, 11) is -1.59. The van der Waals surface area contributed by atoms with Gasteiger partial charge in [-0.25, -0.2) is 12.7 Å². The van der Waals surface area contributed by atoms with Crippen molar-refractivity contribution in [1.29, 1.82) is 0 Å². The molecule has 1 saturated carbocycles. The SMILES string of the molecule is CN(CC1CCCN(C(=O)c2snnc2C2CC2)C1)S(C)(=O)=O. The van der Waals surface area contributed by atoms with Gasteiger partial charge >= 0.3 is 0 Å². The second-order valence-electron chi connectivity index (χ2n) is 6.56. The fourth-order valence-corrected chi connectivity index (χ4v) is 4.21. The van der Waals surface area contributed by atoms with E-state index in [1.54, 1.807) is 7.05 Å². The predicted octanol–water partition coefficient (Wildman–Crippen LogP) is 1.16. The largest absolute Gasteiger partial charge is 0.338 e. The number of hydrogen-bond acceptors (Lipinski definition) is 6. The molecule has 0 aromatic carbocycles. The summed E-state index contributed by atoms with van der Waals surface area (Å²) in [5, 5.41) is 4.13. The van der Waals surface area contributed by atoms with Gasteiger partial charge in [-0.15, -0.1) is 5.10 Å². The van der Waals surface area contributed by atoms with Gasteiger partial charge in [0.1, 0.15) is 4.88 Å². The Hall–Kier alpha value is -1.06. The summed E-state index contributed by atoms with van der Waals surface area (Å²) in [6.07, 6.45) is 5.24. The molecule has 0 N–H and O–H groups in total. The lowest BCUT2D eigenvalue weighted by atomic mass is 9.98. The van der Waals surface area contributed by atoms with Gasteiger partial charge in [-0.2, -0.15) is 0 Å². The Labute approximate surface area is 140 Å². The number of nitrogens with zero attached hydrogens (tertiary/aromatic N) is 4. The number of aromatic nitrogens is 2. The van der Waals surface area contributed by atoms with Crippen molar-refractivity contribution in [2.24, 2.45) is 5.92 Å². The summed E-state index contributed by atoms with van der Waals surface area (Å²) in [6.45, 7) is 1.78. The van der Waals surface area contributed by atoms with Crippen molar-refractivity contribution in [1.82, 2.24) is 18.8 Å². The predicted molar refractivity (Wildman–Crippen MR) is 88.0 cm³/mol. The third-order valence-corrected chi connectivity index (χ3v) is 6.57. The first-order chi connectivity index (χ1) is 10.9. The first-order valence-corrected chi connectivity index (χ1v) is 10.5. The van der Waals surface area contributed by atoms with Gasteiger partial charge < -0.3 is 4.90 Å². The zero-order valence-electron chi connectivity index (χ0n) is 13.4. The average Bonchev–Trinajstić information content (AvgIpc) is 3.23. The zero-order valence-corrected chi connectivity index (χ0v) is 15.1. The second-order valence-corrected chi connectivity index (χ2v) is 9.41. The van der Waals surface area contributed by atoms with Gasteiger partial charge in [0.05, 0.1) is 11.9 Å². The molecule has 2 aliphatic rings. The van der Waals surface area contributed by atoms with Crippen LogP contribution in [0.3, 0.4) is 0 Å². The monoisotopic (exact) mass is 358 g/mol. The fourth-order valence-electron chi connectivity index (χ4n) is 3.01. The highest BCUT2D eigenvalue weighted by Crippen LogP contribution is 2.41. The van der Waals surface area contributed by atoms with Crippen LogP contribution in [0.2, 0.25) is 0 Å². The Bertz CT molecular complexity index is 684. The number of sulfonamides is 1. The first-order valence-electron chi connectivity index (χ1n) is 7.89. The van der Waals surface area contributed by atoms with Crippen molar-refractivity contribution in [3.63, 3.8) is 0 Å². The maximum absolute atomic E-state index is 12.8. The molecule has 23 heavy (non-hydrogen) atoms. The Morgan fingerprint density at radius 3 is 2.78 bits per heavy atom. The lowest BCUT2D eigenvalue weighted by Gasteiger charge is -2.34. The quantitative estimate of drug-likeness (QED) is 0.789. The number of carbonyl (C=O) groups excluding carboxylic acids is 1. The molecular weight excluding hydrogens is 336 g/mol. The van der Waals surface area contributed by atoms with Crippen molar-refractivity contribution in [3.05, 3.63) is 10.6 Å². The van der Waals surface area contributed by atoms with E-state index in [0.717, 1.165) is 37.9 Å². The minimum atomic E-state index is -3.18. The number of hydrogen-bond donors (Lipinski definition) is 0. The van der Waals surface area contributed by atoms with Crippen molar-refractivity contribution in [2.75, 3.05) is 32.9 Å². The summed E-state index contributed by atoms with van der Waals surface area (Å²) in [5.41, 5.74) is 0.857. The molecule has 2 fully saturated rings. The number of piperidine rings is 1. The summed E-state index contributed by atoms with van der Waals surface area (Å²) >= 11 is 1.18. The molecule has 2 heterocycles. The van der Waals surface area contributed by atoms with Crippen molar-refractivity contribution < 1.29 is 13.2 Å². The van der Waals surface area contributed by atoms with Crippen LogP contribution in [0.5, 0.6) is 0 Å². The van der Waals surface area contributed by atoms with E-state index in [1.165, 1.54) is 22.1 Å². The summed E-state index contributed by atoms with van der Waals surface area (Å²) in [4.78, 5) is 15.3. The van der Waals surface area contributed by atoms with Crippen LogP contribution in [0.15, 0.2) is 0 Å². The molecule has 7 nitrogen and oxygen atoms in total. The molecule has 0 spiro atoms. The Balaban J connectivity index is 1.66. The van der Waals surface area contributed by atoms with Gasteiger partial charge in [0.15, 0.2) is 0 Å². The fraction of sp³-hybridized carbons (Fsp3) is 0.786. The highest BCUT2D eigenvalue weighted by atomic mass is 32.2. The van der Waals surface area contributed by atoms with E-state index in [9.17, 15) is 13.2 Å². The maximum atomic E-state index is 12.8. The van der Waals surface area contributed by atoms with Gasteiger partial charge in [0, 0.05) is 32.6 Å². The first kappa shape index (κ1) is 16.8. The van der Waals surface area contributed by atoms with E-state index in [0.29, 0.717) is 23.9 Å². The lowest BCUT2D eigenvalue weighted by molar-refractivity contribution is 0.0668. The van der Waals surface area contributed by atoms with Crippen LogP contribution in [0.4, 0.5) is 0 Å². The van der Waals surface area contributed by atoms with Gasteiger partial charge in [0.2, 0.25) is 10.0 Å². The van der Waals surface area contributed by atoms with Gasteiger partial charge in [-0.3, -0.25) is 4.79 Å². The van der Waals surface area contributed by atoms with Crippen molar-refractivity contribution in [3.8, 4) is 0 Å². The van der Waals surface area contributed by atoms with Crippen LogP contribution >= 0.6 is 11.5 Å². The van der Waals surface area contributed by atoms with Crippen LogP contribution in [0, 0.1) is 5.92 Å². The molecule has 1 amide bonds. The summed E-state index contributed by atoms with van der Waals surface area (Å²) in [5.74, 6) is 0.593. The minimum Gasteiger partial charge on any atom is -0.338 e. The van der Waals surface area contributed by atoms with Crippen LogP contribution < -0.4 is 0 Å². The van der Waals surface area contributed by atoms with Gasteiger partial charge in [-0.1, -0.05) is 4.49 Å². The zero-order chi connectivity index (χ0) is 16.6. The van der Waals surface area contributed by atoms with Crippen LogP contribution in [0.1, 0.15) is 47.0 Å². The number of carbonyl (C=O) groups is 1. The molecule has 1 saturated heterocycles. The highest BCUT2D eigenvalue weighted by Gasteiger charge is 2.34. The Morgan fingerprint density at radius 2 is 2.13 bits per heavy atom. The molecule has 1 aliphatic heterocycles. The van der Waals surface area contributed by atoms with Gasteiger partial charge in [-0.05, 0) is 43.1 Å². The molecule has 1 aromatic heterocycles. The van der Waals surface area contributed by atoms with Crippen LogP contribution in [0.25, 0.3) is 0 Å². The molecule has 1 atom stereocenters. The molecule has 1 unspecified atom stereocenters. The maximum Gasteiger partial charge on any atom is 0.267 e. The molecule has 3 rings (SSSR count). The van der Waals surface area contributed by atoms with E-state index in [1.807, 2.05) is 4.90 Å². The third-order valence-electron chi connectivity index (χ3n) is 4.56. The number of likely N-dealkylation sites (tertiary alicyclic amines) is 1. The molecule has 0 bridgehead atoms. The lowest BCUT2D eigenvalue weighted by Crippen LogP contribution is -2.44. The molecule has 0 radical (unpaired) electrons. The van der Waals surface area contributed by atoms with E-state index in [-0.39, 0.29) is 11.8 Å². The van der Waals surface area contributed by atoms with E-state index < -0.39 is 10.0 Å². The normalized spacial score (nSPS) is 22.6. The topological polar surface area (TPSA) is 83.5 Å². The van der Waals surface area contributed by atoms with E-state index in [4.69, 9.17) is 0 Å². The number of amides is 1. The second kappa shape index (κ2) is 6.45. The van der Waals surface area contributed by atoms with Crippen molar-refractivity contribution in [2.45, 2.75) is 31.6 Å². The molecule has 1 aromatic rings.